The zero-order chi connectivity index (χ0) is 15.6. The van der Waals surface area contributed by atoms with Gasteiger partial charge in [-0.15, -0.1) is 0 Å². The van der Waals surface area contributed by atoms with Crippen LogP contribution in [0.4, 0.5) is 11.4 Å². The molecule has 1 aromatic carbocycles. The Labute approximate surface area is 123 Å². The van der Waals surface area contributed by atoms with Crippen LogP contribution in [0.5, 0.6) is 0 Å². The summed E-state index contributed by atoms with van der Waals surface area (Å²) in [5.74, 6) is -0.319. The lowest BCUT2D eigenvalue weighted by Crippen LogP contribution is -2.47. The van der Waals surface area contributed by atoms with E-state index in [2.05, 4.69) is 4.90 Å². The molecule has 1 amide bonds. The molecule has 1 heterocycles. The quantitative estimate of drug-likeness (QED) is 0.515. The van der Waals surface area contributed by atoms with Crippen LogP contribution in [0.3, 0.4) is 0 Å². The van der Waals surface area contributed by atoms with Gasteiger partial charge < -0.3 is 15.5 Å². The van der Waals surface area contributed by atoms with E-state index in [0.717, 1.165) is 12.8 Å². The Balaban J connectivity index is 2.28. The molecule has 7 nitrogen and oxygen atoms in total. The molecule has 0 aliphatic carbocycles. The first-order valence-corrected chi connectivity index (χ1v) is 6.90. The summed E-state index contributed by atoms with van der Waals surface area (Å²) >= 11 is 0. The molecule has 0 bridgehead atoms. The maximum atomic E-state index is 12.6. The predicted octanol–water partition coefficient (Wildman–Crippen LogP) is 1.34. The van der Waals surface area contributed by atoms with E-state index in [-0.39, 0.29) is 28.9 Å². The fraction of sp³-hybridized carbons (Fsp3) is 0.500. The monoisotopic (exact) mass is 292 g/mol. The molecular weight excluding hydrogens is 272 g/mol. The average molecular weight is 292 g/mol. The first-order valence-electron chi connectivity index (χ1n) is 6.90. The summed E-state index contributed by atoms with van der Waals surface area (Å²) in [7, 11) is 3.95. The summed E-state index contributed by atoms with van der Waals surface area (Å²) in [4.78, 5) is 26.9. The van der Waals surface area contributed by atoms with Gasteiger partial charge in [0, 0.05) is 19.1 Å². The summed E-state index contributed by atoms with van der Waals surface area (Å²) in [6, 6.07) is 4.76. The van der Waals surface area contributed by atoms with Gasteiger partial charge in [-0.25, -0.2) is 0 Å². The lowest BCUT2D eigenvalue weighted by atomic mass is 10.0. The van der Waals surface area contributed by atoms with Crippen molar-refractivity contribution in [2.75, 3.05) is 32.9 Å². The maximum absolute atomic E-state index is 12.6. The van der Waals surface area contributed by atoms with Gasteiger partial charge in [0.05, 0.1) is 4.92 Å². The highest BCUT2D eigenvalue weighted by atomic mass is 16.6. The second-order valence-electron chi connectivity index (χ2n) is 5.51. The van der Waals surface area contributed by atoms with Crippen molar-refractivity contribution in [1.29, 1.82) is 0 Å². The lowest BCUT2D eigenvalue weighted by Gasteiger charge is -2.36. The Kier molecular flexibility index (Phi) is 4.42. The van der Waals surface area contributed by atoms with Gasteiger partial charge >= 0.3 is 5.69 Å². The van der Waals surface area contributed by atoms with Crippen molar-refractivity contribution >= 4 is 17.3 Å². The first-order chi connectivity index (χ1) is 9.91. The summed E-state index contributed by atoms with van der Waals surface area (Å²) in [6.45, 7) is 1.20. The minimum Gasteiger partial charge on any atom is -0.393 e. The van der Waals surface area contributed by atoms with E-state index >= 15 is 0 Å². The van der Waals surface area contributed by atoms with E-state index in [1.54, 1.807) is 11.0 Å². The Morgan fingerprint density at radius 2 is 2.19 bits per heavy atom. The average Bonchev–Trinajstić information content (AvgIpc) is 2.45. The van der Waals surface area contributed by atoms with Crippen LogP contribution in [0.1, 0.15) is 23.2 Å². The second kappa shape index (κ2) is 6.09. The molecule has 0 spiro atoms. The molecule has 2 N–H and O–H groups in total. The number of nitrogen functional groups attached to an aromatic ring is 1. The van der Waals surface area contributed by atoms with Crippen molar-refractivity contribution in [3.8, 4) is 0 Å². The number of carbonyl (C=O) groups excluding carboxylic acids is 1. The van der Waals surface area contributed by atoms with Crippen LogP contribution >= 0.6 is 0 Å². The van der Waals surface area contributed by atoms with E-state index < -0.39 is 4.92 Å². The van der Waals surface area contributed by atoms with Gasteiger partial charge in [0.1, 0.15) is 11.3 Å². The number of likely N-dealkylation sites (N-methyl/N-ethyl adjacent to an activating group) is 1. The van der Waals surface area contributed by atoms with Crippen molar-refractivity contribution in [2.24, 2.45) is 0 Å². The van der Waals surface area contributed by atoms with E-state index in [4.69, 9.17) is 5.73 Å². The fourth-order valence-corrected chi connectivity index (χ4v) is 2.67. The number of hydrogen-bond acceptors (Lipinski definition) is 5. The summed E-state index contributed by atoms with van der Waals surface area (Å²) in [5.41, 5.74) is 5.44. The highest BCUT2D eigenvalue weighted by Crippen LogP contribution is 2.28. The summed E-state index contributed by atoms with van der Waals surface area (Å²) < 4.78 is 0. The molecular formula is C14H20N4O3. The zero-order valence-electron chi connectivity index (χ0n) is 12.3. The number of nitrogens with two attached hydrogens (primary N) is 1. The zero-order valence-corrected chi connectivity index (χ0v) is 12.3. The van der Waals surface area contributed by atoms with Gasteiger partial charge in [0.2, 0.25) is 0 Å². The number of anilines is 1. The number of benzene rings is 1. The SMILES string of the molecule is CN(C)C1CCCN(C(=O)c2cccc(N)c2[N+](=O)[O-])C1. The number of hydrogen-bond donors (Lipinski definition) is 1. The molecule has 21 heavy (non-hydrogen) atoms. The molecule has 1 aliphatic heterocycles. The normalized spacial score (nSPS) is 18.8. The highest BCUT2D eigenvalue weighted by molar-refractivity contribution is 6.00. The molecule has 1 unspecified atom stereocenters. The van der Waals surface area contributed by atoms with Gasteiger partial charge in [0.25, 0.3) is 5.91 Å². The van der Waals surface area contributed by atoms with E-state index in [1.807, 2.05) is 14.1 Å². The van der Waals surface area contributed by atoms with Gasteiger partial charge in [-0.05, 0) is 39.1 Å². The van der Waals surface area contributed by atoms with Gasteiger partial charge in [-0.2, -0.15) is 0 Å². The van der Waals surface area contributed by atoms with Crippen molar-refractivity contribution in [1.82, 2.24) is 9.80 Å². The van der Waals surface area contributed by atoms with Crippen LogP contribution in [-0.2, 0) is 0 Å². The molecule has 1 aromatic rings. The number of carbonyl (C=O) groups is 1. The molecule has 1 saturated heterocycles. The molecule has 7 heteroatoms. The molecule has 0 radical (unpaired) electrons. The van der Waals surface area contributed by atoms with Crippen molar-refractivity contribution < 1.29 is 9.72 Å². The molecule has 0 aromatic heterocycles. The standard InChI is InChI=1S/C14H20N4O3/c1-16(2)10-5-4-8-17(9-10)14(19)11-6-3-7-12(15)13(11)18(20)21/h3,6-7,10H,4-5,8-9,15H2,1-2H3. The largest absolute Gasteiger partial charge is 0.393 e. The van der Waals surface area contributed by atoms with E-state index in [1.165, 1.54) is 12.1 Å². The number of likely N-dealkylation sites (tertiary alicyclic amines) is 1. The smallest absolute Gasteiger partial charge is 0.304 e. The van der Waals surface area contributed by atoms with Gasteiger partial charge in [0.15, 0.2) is 0 Å². The molecule has 1 aliphatic rings. The predicted molar refractivity (Wildman–Crippen MR) is 80.1 cm³/mol. The molecule has 1 fully saturated rings. The van der Waals surface area contributed by atoms with Crippen LogP contribution in [-0.4, -0.2) is 53.9 Å². The maximum Gasteiger partial charge on any atom is 0.304 e. The number of amides is 1. The van der Waals surface area contributed by atoms with Crippen LogP contribution in [0, 0.1) is 10.1 Å². The van der Waals surface area contributed by atoms with Crippen LogP contribution < -0.4 is 5.73 Å². The van der Waals surface area contributed by atoms with E-state index in [9.17, 15) is 14.9 Å². The number of nitro benzene ring substituents is 1. The number of para-hydroxylation sites is 1. The Hall–Kier alpha value is -2.15. The fourth-order valence-electron chi connectivity index (χ4n) is 2.67. The number of nitro groups is 1. The third kappa shape index (κ3) is 3.13. The van der Waals surface area contributed by atoms with Crippen molar-refractivity contribution in [2.45, 2.75) is 18.9 Å². The summed E-state index contributed by atoms with van der Waals surface area (Å²) in [5, 5.41) is 11.1. The topological polar surface area (TPSA) is 92.7 Å². The first kappa shape index (κ1) is 15.2. The van der Waals surface area contributed by atoms with Crippen molar-refractivity contribution in [3.63, 3.8) is 0 Å². The number of piperidine rings is 1. The number of nitrogens with zero attached hydrogens (tertiary/aromatic N) is 3. The Morgan fingerprint density at radius 3 is 2.81 bits per heavy atom. The Morgan fingerprint density at radius 1 is 1.48 bits per heavy atom. The molecule has 0 saturated carbocycles. The highest BCUT2D eigenvalue weighted by Gasteiger charge is 2.30. The third-order valence-electron chi connectivity index (χ3n) is 3.89. The van der Waals surface area contributed by atoms with E-state index in [0.29, 0.717) is 13.1 Å². The minimum atomic E-state index is -0.587. The number of rotatable bonds is 3. The molecule has 1 atom stereocenters. The second-order valence-corrected chi connectivity index (χ2v) is 5.51. The van der Waals surface area contributed by atoms with Gasteiger partial charge in [-0.3, -0.25) is 14.9 Å². The van der Waals surface area contributed by atoms with Crippen LogP contribution in [0.25, 0.3) is 0 Å². The molecule has 2 rings (SSSR count). The van der Waals surface area contributed by atoms with Crippen molar-refractivity contribution in [3.05, 3.63) is 33.9 Å². The van der Waals surface area contributed by atoms with Crippen LogP contribution in [0.2, 0.25) is 0 Å². The van der Waals surface area contributed by atoms with Crippen LogP contribution in [0.15, 0.2) is 18.2 Å². The Bertz CT molecular complexity index is 559. The molecule has 114 valence electrons. The van der Waals surface area contributed by atoms with Gasteiger partial charge in [-0.1, -0.05) is 6.07 Å². The summed E-state index contributed by atoms with van der Waals surface area (Å²) in [6.07, 6.45) is 1.92. The minimum absolute atomic E-state index is 0.0204. The third-order valence-corrected chi connectivity index (χ3v) is 3.89. The lowest BCUT2D eigenvalue weighted by molar-refractivity contribution is -0.384.